The van der Waals surface area contributed by atoms with Gasteiger partial charge < -0.3 is 5.11 Å². The normalized spacial score (nSPS) is 29.4. The van der Waals surface area contributed by atoms with Crippen LogP contribution < -0.4 is 0 Å². The Bertz CT molecular complexity index is 278. The highest BCUT2D eigenvalue weighted by atomic mass is 35.7. The van der Waals surface area contributed by atoms with Crippen molar-refractivity contribution in [3.8, 4) is 0 Å². The van der Waals surface area contributed by atoms with Crippen LogP contribution in [0.25, 0.3) is 0 Å². The van der Waals surface area contributed by atoms with E-state index in [0.29, 0.717) is 12.8 Å². The minimum absolute atomic E-state index is 0.0615. The van der Waals surface area contributed by atoms with E-state index in [1.54, 1.807) is 0 Å². The van der Waals surface area contributed by atoms with Crippen LogP contribution in [-0.2, 0) is 13.8 Å². The first-order chi connectivity index (χ1) is 5.38. The van der Waals surface area contributed by atoms with Gasteiger partial charge in [-0.05, 0) is 18.8 Å². The highest BCUT2D eigenvalue weighted by molar-refractivity contribution is 8.13. The van der Waals surface area contributed by atoms with E-state index in [-0.39, 0.29) is 17.6 Å². The summed E-state index contributed by atoms with van der Waals surface area (Å²) in [6.07, 6.45) is 0.864. The molecule has 0 unspecified atom stereocenters. The molecule has 0 aromatic rings. The molecule has 0 heterocycles. The zero-order valence-corrected chi connectivity index (χ0v) is 7.81. The molecule has 0 spiro atoms. The summed E-state index contributed by atoms with van der Waals surface area (Å²) in [6, 6.07) is 0. The van der Waals surface area contributed by atoms with Gasteiger partial charge in [0, 0.05) is 10.7 Å². The van der Waals surface area contributed by atoms with Gasteiger partial charge in [-0.15, -0.1) is 0 Å². The maximum atomic E-state index is 10.5. The monoisotopic (exact) mass is 212 g/mol. The summed E-state index contributed by atoms with van der Waals surface area (Å²) >= 11 is 0. The van der Waals surface area contributed by atoms with Crippen molar-refractivity contribution in [3.05, 3.63) is 0 Å². The molecule has 0 atom stereocenters. The Morgan fingerprint density at radius 3 is 2.33 bits per heavy atom. The zero-order chi connectivity index (χ0) is 9.35. The third-order valence-corrected chi connectivity index (χ3v) is 3.27. The van der Waals surface area contributed by atoms with Gasteiger partial charge >= 0.3 is 5.97 Å². The lowest BCUT2D eigenvalue weighted by atomic mass is 9.76. The zero-order valence-electron chi connectivity index (χ0n) is 6.23. The number of hydrogen-bond donors (Lipinski definition) is 1. The molecule has 1 aliphatic carbocycles. The van der Waals surface area contributed by atoms with Crippen LogP contribution in [0, 0.1) is 11.8 Å². The second kappa shape index (κ2) is 3.22. The second-order valence-corrected chi connectivity index (χ2v) is 5.90. The number of rotatable bonds is 3. The maximum absolute atomic E-state index is 10.5. The topological polar surface area (TPSA) is 71.4 Å². The number of hydrogen-bond acceptors (Lipinski definition) is 3. The fourth-order valence-corrected chi connectivity index (χ4v) is 2.72. The molecule has 0 amide bonds. The highest BCUT2D eigenvalue weighted by Gasteiger charge is 2.36. The van der Waals surface area contributed by atoms with Gasteiger partial charge in [0.05, 0.1) is 11.7 Å². The van der Waals surface area contributed by atoms with Crippen LogP contribution in [-0.4, -0.2) is 25.2 Å². The van der Waals surface area contributed by atoms with Crippen molar-refractivity contribution in [3.63, 3.8) is 0 Å². The Hall–Kier alpha value is -0.290. The number of carboxylic acid groups (broad SMARTS) is 1. The third kappa shape index (κ3) is 2.64. The molecule has 1 aliphatic rings. The first kappa shape index (κ1) is 9.80. The highest BCUT2D eigenvalue weighted by Crippen LogP contribution is 2.35. The molecule has 6 heteroatoms. The van der Waals surface area contributed by atoms with Crippen LogP contribution in [0.3, 0.4) is 0 Å². The minimum atomic E-state index is -3.45. The molecule has 0 aliphatic heterocycles. The average molecular weight is 213 g/mol. The fourth-order valence-electron chi connectivity index (χ4n) is 1.35. The van der Waals surface area contributed by atoms with Gasteiger partial charge in [-0.25, -0.2) is 8.42 Å². The first-order valence-electron chi connectivity index (χ1n) is 3.53. The lowest BCUT2D eigenvalue weighted by Crippen LogP contribution is -2.33. The summed E-state index contributed by atoms with van der Waals surface area (Å²) in [5.41, 5.74) is 0. The Balaban J connectivity index is 2.32. The van der Waals surface area contributed by atoms with Gasteiger partial charge in [-0.2, -0.15) is 0 Å². The molecule has 1 rings (SSSR count). The molecule has 1 fully saturated rings. The molecule has 0 aromatic heterocycles. The summed E-state index contributed by atoms with van der Waals surface area (Å²) in [5.74, 6) is -1.38. The molecule has 4 nitrogen and oxygen atoms in total. The third-order valence-electron chi connectivity index (χ3n) is 2.02. The smallest absolute Gasteiger partial charge is 0.306 e. The van der Waals surface area contributed by atoms with E-state index in [1.165, 1.54) is 0 Å². The van der Waals surface area contributed by atoms with Gasteiger partial charge in [-0.1, -0.05) is 0 Å². The lowest BCUT2D eigenvalue weighted by molar-refractivity contribution is -0.146. The van der Waals surface area contributed by atoms with E-state index in [9.17, 15) is 13.2 Å². The summed E-state index contributed by atoms with van der Waals surface area (Å²) < 4.78 is 21.1. The van der Waals surface area contributed by atoms with Crippen molar-refractivity contribution in [1.29, 1.82) is 0 Å². The molecule has 12 heavy (non-hydrogen) atoms. The molecular formula is C6H9ClO4S. The van der Waals surface area contributed by atoms with Crippen LogP contribution in [0.2, 0.25) is 0 Å². The van der Waals surface area contributed by atoms with Crippen LogP contribution in [0.15, 0.2) is 0 Å². The number of halogens is 1. The maximum Gasteiger partial charge on any atom is 0.306 e. The SMILES string of the molecule is O=C(O)C1CC(CS(=O)(=O)Cl)C1. The van der Waals surface area contributed by atoms with E-state index < -0.39 is 15.0 Å². The van der Waals surface area contributed by atoms with Crippen molar-refractivity contribution < 1.29 is 18.3 Å². The molecule has 1 saturated carbocycles. The second-order valence-electron chi connectivity index (χ2n) is 3.08. The number of carboxylic acids is 1. The minimum Gasteiger partial charge on any atom is -0.481 e. The van der Waals surface area contributed by atoms with E-state index >= 15 is 0 Å². The Morgan fingerprint density at radius 2 is 2.00 bits per heavy atom. The predicted octanol–water partition coefficient (Wildman–Crippen LogP) is 0.666. The molecular weight excluding hydrogens is 204 g/mol. The fraction of sp³-hybridized carbons (Fsp3) is 0.833. The van der Waals surface area contributed by atoms with Crippen LogP contribution in [0.1, 0.15) is 12.8 Å². The summed E-state index contributed by atoms with van der Waals surface area (Å²) in [5, 5.41) is 8.47. The van der Waals surface area contributed by atoms with Crippen LogP contribution in [0.4, 0.5) is 0 Å². The van der Waals surface area contributed by atoms with E-state index in [4.69, 9.17) is 15.8 Å². The summed E-state index contributed by atoms with van der Waals surface area (Å²) in [6.45, 7) is 0. The average Bonchev–Trinajstić information content (AvgIpc) is 1.74. The van der Waals surface area contributed by atoms with Crippen molar-refractivity contribution in [2.45, 2.75) is 12.8 Å². The Morgan fingerprint density at radius 1 is 1.50 bits per heavy atom. The molecule has 1 N–H and O–H groups in total. The van der Waals surface area contributed by atoms with Gasteiger partial charge in [0.1, 0.15) is 0 Å². The molecule has 0 bridgehead atoms. The largest absolute Gasteiger partial charge is 0.481 e. The van der Waals surface area contributed by atoms with Crippen LogP contribution in [0.5, 0.6) is 0 Å². The molecule has 70 valence electrons. The number of carbonyl (C=O) groups is 1. The van der Waals surface area contributed by atoms with Gasteiger partial charge in [-0.3, -0.25) is 4.79 Å². The molecule has 0 aromatic carbocycles. The number of aliphatic carboxylic acids is 1. The predicted molar refractivity (Wildman–Crippen MR) is 43.5 cm³/mol. The quantitative estimate of drug-likeness (QED) is 0.698. The first-order valence-corrected chi connectivity index (χ1v) is 6.01. The van der Waals surface area contributed by atoms with Crippen molar-refractivity contribution in [2.24, 2.45) is 11.8 Å². The van der Waals surface area contributed by atoms with Crippen molar-refractivity contribution >= 4 is 25.7 Å². The van der Waals surface area contributed by atoms with Gasteiger partial charge in [0.2, 0.25) is 9.05 Å². The van der Waals surface area contributed by atoms with E-state index in [1.807, 2.05) is 0 Å². The summed E-state index contributed by atoms with van der Waals surface area (Å²) in [4.78, 5) is 10.3. The van der Waals surface area contributed by atoms with Crippen molar-refractivity contribution in [1.82, 2.24) is 0 Å². The van der Waals surface area contributed by atoms with Gasteiger partial charge in [0.15, 0.2) is 0 Å². The van der Waals surface area contributed by atoms with Crippen LogP contribution >= 0.6 is 10.7 Å². The summed E-state index contributed by atoms with van der Waals surface area (Å²) in [7, 11) is 1.54. The Kier molecular flexibility index (Phi) is 2.63. The van der Waals surface area contributed by atoms with Gasteiger partial charge in [0.25, 0.3) is 0 Å². The molecule has 0 saturated heterocycles. The lowest BCUT2D eigenvalue weighted by Gasteiger charge is -2.30. The van der Waals surface area contributed by atoms with E-state index in [2.05, 4.69) is 0 Å². The molecule has 0 radical (unpaired) electrons. The standard InChI is InChI=1S/C6H9ClO4S/c7-12(10,11)3-4-1-5(2-4)6(8)9/h4-5H,1-3H2,(H,8,9). The van der Waals surface area contributed by atoms with E-state index in [0.717, 1.165) is 0 Å². The van der Waals surface area contributed by atoms with Crippen molar-refractivity contribution in [2.75, 3.05) is 5.75 Å². The Labute approximate surface area is 74.9 Å².